The standard InChI is InChI=1S/C22H19N3O3S2/c26-20(23-12-17-8-4-10-29-17)15-28-22(27)18-14-25(13-16-6-2-1-3-7-16)24-21(18)19-9-5-11-30-19/h1-11,14H,12-13,15H2,(H,23,26). The fourth-order valence-electron chi connectivity index (χ4n) is 2.88. The zero-order chi connectivity index (χ0) is 20.8. The van der Waals surface area contributed by atoms with Crippen molar-refractivity contribution in [3.05, 3.63) is 87.6 Å². The summed E-state index contributed by atoms with van der Waals surface area (Å²) in [7, 11) is 0. The molecule has 30 heavy (non-hydrogen) atoms. The molecule has 3 aromatic heterocycles. The van der Waals surface area contributed by atoms with Gasteiger partial charge in [0.25, 0.3) is 5.91 Å². The maximum Gasteiger partial charge on any atom is 0.342 e. The number of hydrogen-bond acceptors (Lipinski definition) is 6. The number of nitrogens with one attached hydrogen (secondary N) is 1. The molecule has 0 atom stereocenters. The van der Waals surface area contributed by atoms with E-state index in [1.54, 1.807) is 22.2 Å². The van der Waals surface area contributed by atoms with Crippen LogP contribution in [0.3, 0.4) is 0 Å². The number of rotatable bonds is 8. The number of amides is 1. The Bertz CT molecular complexity index is 1100. The first-order chi connectivity index (χ1) is 14.7. The number of carbonyl (C=O) groups excluding carboxylic acids is 2. The van der Waals surface area contributed by atoms with E-state index in [9.17, 15) is 9.59 Å². The van der Waals surface area contributed by atoms with Gasteiger partial charge < -0.3 is 10.1 Å². The number of aromatic nitrogens is 2. The summed E-state index contributed by atoms with van der Waals surface area (Å²) in [5, 5.41) is 11.2. The van der Waals surface area contributed by atoms with Crippen molar-refractivity contribution in [1.82, 2.24) is 15.1 Å². The summed E-state index contributed by atoms with van der Waals surface area (Å²) in [6, 6.07) is 17.6. The number of esters is 1. The number of ether oxygens (including phenoxy) is 1. The molecule has 0 saturated carbocycles. The number of hydrogen-bond donors (Lipinski definition) is 1. The van der Waals surface area contributed by atoms with Gasteiger partial charge in [-0.3, -0.25) is 9.48 Å². The zero-order valence-corrected chi connectivity index (χ0v) is 17.6. The zero-order valence-electron chi connectivity index (χ0n) is 16.0. The summed E-state index contributed by atoms with van der Waals surface area (Å²) in [5.74, 6) is -0.907. The lowest BCUT2D eigenvalue weighted by Crippen LogP contribution is -2.28. The van der Waals surface area contributed by atoms with Gasteiger partial charge in [0, 0.05) is 11.1 Å². The molecule has 4 aromatic rings. The van der Waals surface area contributed by atoms with Gasteiger partial charge in [0.2, 0.25) is 0 Å². The van der Waals surface area contributed by atoms with Crippen LogP contribution >= 0.6 is 22.7 Å². The van der Waals surface area contributed by atoms with E-state index in [1.165, 1.54) is 11.3 Å². The Hall–Kier alpha value is -3.23. The van der Waals surface area contributed by atoms with Crippen molar-refractivity contribution in [3.63, 3.8) is 0 Å². The fourth-order valence-corrected chi connectivity index (χ4v) is 4.24. The topological polar surface area (TPSA) is 73.2 Å². The SMILES string of the molecule is O=C(COC(=O)c1cn(Cc2ccccc2)nc1-c1cccs1)NCc1cccs1. The lowest BCUT2D eigenvalue weighted by atomic mass is 10.2. The minimum absolute atomic E-state index is 0.335. The van der Waals surface area contributed by atoms with Crippen LogP contribution < -0.4 is 5.32 Å². The van der Waals surface area contributed by atoms with Crippen LogP contribution in [0, 0.1) is 0 Å². The summed E-state index contributed by atoms with van der Waals surface area (Å²) in [5.41, 5.74) is 1.98. The quantitative estimate of drug-likeness (QED) is 0.420. The fraction of sp³-hybridized carbons (Fsp3) is 0.136. The normalized spacial score (nSPS) is 10.7. The predicted molar refractivity (Wildman–Crippen MR) is 118 cm³/mol. The molecule has 0 aliphatic rings. The van der Waals surface area contributed by atoms with Crippen LogP contribution in [0.4, 0.5) is 0 Å². The molecule has 0 fully saturated rings. The molecular formula is C22H19N3O3S2. The van der Waals surface area contributed by atoms with Gasteiger partial charge in [-0.15, -0.1) is 22.7 Å². The van der Waals surface area contributed by atoms with Crippen LogP contribution in [0.1, 0.15) is 20.8 Å². The molecule has 1 amide bonds. The predicted octanol–water partition coefficient (Wildman–Crippen LogP) is 4.19. The monoisotopic (exact) mass is 437 g/mol. The second kappa shape index (κ2) is 9.51. The molecule has 0 bridgehead atoms. The molecule has 0 unspecified atom stereocenters. The Kier molecular flexibility index (Phi) is 6.36. The summed E-state index contributed by atoms with van der Waals surface area (Å²) < 4.78 is 6.99. The van der Waals surface area contributed by atoms with E-state index in [2.05, 4.69) is 10.4 Å². The van der Waals surface area contributed by atoms with Gasteiger partial charge >= 0.3 is 5.97 Å². The minimum Gasteiger partial charge on any atom is -0.452 e. The summed E-state index contributed by atoms with van der Waals surface area (Å²) >= 11 is 3.05. The first-order valence-electron chi connectivity index (χ1n) is 9.30. The molecular weight excluding hydrogens is 418 g/mol. The summed E-state index contributed by atoms with van der Waals surface area (Å²) in [6.07, 6.45) is 1.67. The van der Waals surface area contributed by atoms with E-state index in [4.69, 9.17) is 4.74 Å². The average Bonchev–Trinajstić information content (AvgIpc) is 3.53. The van der Waals surface area contributed by atoms with E-state index in [1.807, 2.05) is 65.4 Å². The molecule has 0 aliphatic carbocycles. The van der Waals surface area contributed by atoms with Crippen molar-refractivity contribution in [3.8, 4) is 10.6 Å². The van der Waals surface area contributed by atoms with Crippen LogP contribution in [-0.4, -0.2) is 28.3 Å². The third-order valence-corrected chi connectivity index (χ3v) is 6.05. The summed E-state index contributed by atoms with van der Waals surface area (Å²) in [6.45, 7) is 0.620. The van der Waals surface area contributed by atoms with E-state index >= 15 is 0 Å². The van der Waals surface area contributed by atoms with E-state index in [-0.39, 0.29) is 12.5 Å². The van der Waals surface area contributed by atoms with E-state index < -0.39 is 5.97 Å². The number of nitrogens with zero attached hydrogens (tertiary/aromatic N) is 2. The molecule has 1 aromatic carbocycles. The Labute approximate surface area is 181 Å². The number of benzene rings is 1. The molecule has 8 heteroatoms. The molecule has 0 radical (unpaired) electrons. The molecule has 4 rings (SSSR count). The second-order valence-electron chi connectivity index (χ2n) is 6.48. The molecule has 1 N–H and O–H groups in total. The van der Waals surface area contributed by atoms with E-state index in [0.717, 1.165) is 15.3 Å². The molecule has 6 nitrogen and oxygen atoms in total. The maximum atomic E-state index is 12.7. The van der Waals surface area contributed by atoms with Crippen molar-refractivity contribution in [1.29, 1.82) is 0 Å². The van der Waals surface area contributed by atoms with Crippen LogP contribution in [0.2, 0.25) is 0 Å². The van der Waals surface area contributed by atoms with Gasteiger partial charge in [0.15, 0.2) is 6.61 Å². The second-order valence-corrected chi connectivity index (χ2v) is 8.46. The van der Waals surface area contributed by atoms with Crippen LogP contribution in [0.5, 0.6) is 0 Å². The lowest BCUT2D eigenvalue weighted by molar-refractivity contribution is -0.124. The van der Waals surface area contributed by atoms with Gasteiger partial charge in [0.05, 0.1) is 18.0 Å². The first-order valence-corrected chi connectivity index (χ1v) is 11.1. The Morgan fingerprint density at radius 3 is 2.53 bits per heavy atom. The minimum atomic E-state index is -0.566. The summed E-state index contributed by atoms with van der Waals surface area (Å²) in [4.78, 5) is 26.7. The molecule has 152 valence electrons. The largest absolute Gasteiger partial charge is 0.452 e. The highest BCUT2D eigenvalue weighted by Gasteiger charge is 2.21. The van der Waals surface area contributed by atoms with E-state index in [0.29, 0.717) is 24.3 Å². The van der Waals surface area contributed by atoms with Crippen molar-refractivity contribution in [2.24, 2.45) is 0 Å². The van der Waals surface area contributed by atoms with Crippen LogP contribution in [0.15, 0.2) is 71.6 Å². The Balaban J connectivity index is 1.44. The van der Waals surface area contributed by atoms with Gasteiger partial charge in [-0.25, -0.2) is 4.79 Å². The lowest BCUT2D eigenvalue weighted by Gasteiger charge is -2.05. The van der Waals surface area contributed by atoms with Gasteiger partial charge in [-0.05, 0) is 28.5 Å². The molecule has 0 aliphatic heterocycles. The van der Waals surface area contributed by atoms with Gasteiger partial charge in [0.1, 0.15) is 11.3 Å². The highest BCUT2D eigenvalue weighted by molar-refractivity contribution is 7.13. The number of carbonyl (C=O) groups is 2. The Morgan fingerprint density at radius 1 is 1.00 bits per heavy atom. The van der Waals surface area contributed by atoms with Crippen molar-refractivity contribution < 1.29 is 14.3 Å². The highest BCUT2D eigenvalue weighted by atomic mass is 32.1. The molecule has 0 spiro atoms. The van der Waals surface area contributed by atoms with Crippen LogP contribution in [0.25, 0.3) is 10.6 Å². The van der Waals surface area contributed by atoms with Crippen molar-refractivity contribution in [2.75, 3.05) is 6.61 Å². The molecule has 0 saturated heterocycles. The third-order valence-electron chi connectivity index (χ3n) is 4.30. The van der Waals surface area contributed by atoms with Gasteiger partial charge in [-0.1, -0.05) is 42.5 Å². The van der Waals surface area contributed by atoms with Gasteiger partial charge in [-0.2, -0.15) is 5.10 Å². The first kappa shape index (κ1) is 20.1. The van der Waals surface area contributed by atoms with Crippen molar-refractivity contribution >= 4 is 34.6 Å². The average molecular weight is 438 g/mol. The Morgan fingerprint density at radius 2 is 1.80 bits per heavy atom. The molecule has 3 heterocycles. The number of thiophene rings is 2. The van der Waals surface area contributed by atoms with Crippen LogP contribution in [-0.2, 0) is 22.6 Å². The highest BCUT2D eigenvalue weighted by Crippen LogP contribution is 2.27. The third kappa shape index (κ3) is 5.03. The smallest absolute Gasteiger partial charge is 0.342 e. The maximum absolute atomic E-state index is 12.7. The van der Waals surface area contributed by atoms with Crippen molar-refractivity contribution in [2.45, 2.75) is 13.1 Å².